The Morgan fingerprint density at radius 1 is 1.47 bits per heavy atom. The van der Waals surface area contributed by atoms with E-state index in [1.807, 2.05) is 0 Å². The predicted molar refractivity (Wildman–Crippen MR) is 65.5 cm³/mol. The first-order valence-corrected chi connectivity index (χ1v) is 6.33. The van der Waals surface area contributed by atoms with Crippen molar-refractivity contribution in [3.63, 3.8) is 0 Å². The van der Waals surface area contributed by atoms with Crippen LogP contribution in [-0.4, -0.2) is 55.4 Å². The summed E-state index contributed by atoms with van der Waals surface area (Å²) in [6.07, 6.45) is 3.73. The Labute approximate surface area is 103 Å². The molecule has 3 N–H and O–H groups in total. The van der Waals surface area contributed by atoms with Crippen molar-refractivity contribution in [3.8, 4) is 0 Å². The molecule has 0 spiro atoms. The molecule has 1 amide bonds. The minimum Gasteiger partial charge on any atom is -0.395 e. The maximum absolute atomic E-state index is 12.2. The molecule has 17 heavy (non-hydrogen) atoms. The number of aliphatic hydroxyl groups excluding tert-OH is 1. The van der Waals surface area contributed by atoms with Crippen LogP contribution in [0.5, 0.6) is 0 Å². The summed E-state index contributed by atoms with van der Waals surface area (Å²) in [6.45, 7) is 1.42. The molecule has 0 saturated heterocycles. The molecule has 1 aliphatic rings. The van der Waals surface area contributed by atoms with Crippen LogP contribution in [0.2, 0.25) is 0 Å². The van der Waals surface area contributed by atoms with E-state index in [1.165, 1.54) is 0 Å². The highest BCUT2D eigenvalue weighted by Gasteiger charge is 2.28. The number of amides is 1. The lowest BCUT2D eigenvalue weighted by Gasteiger charge is -2.31. The molecule has 0 bridgehead atoms. The summed E-state index contributed by atoms with van der Waals surface area (Å²) in [5.41, 5.74) is 5.89. The van der Waals surface area contributed by atoms with E-state index in [4.69, 9.17) is 15.6 Å². The fourth-order valence-electron chi connectivity index (χ4n) is 2.36. The van der Waals surface area contributed by atoms with Gasteiger partial charge in [-0.1, -0.05) is 6.42 Å². The minimum absolute atomic E-state index is 0.00573. The van der Waals surface area contributed by atoms with Gasteiger partial charge in [0, 0.05) is 32.2 Å². The highest BCUT2D eigenvalue weighted by atomic mass is 16.5. The van der Waals surface area contributed by atoms with Gasteiger partial charge in [-0.25, -0.2) is 0 Å². The van der Waals surface area contributed by atoms with Gasteiger partial charge in [-0.3, -0.25) is 4.79 Å². The third-order valence-corrected chi connectivity index (χ3v) is 3.31. The molecular formula is C12H24N2O3. The van der Waals surface area contributed by atoms with Gasteiger partial charge < -0.3 is 20.5 Å². The molecule has 1 fully saturated rings. The van der Waals surface area contributed by atoms with Gasteiger partial charge in [0.15, 0.2) is 0 Å². The standard InChI is InChI=1S/C12H24N2O3/c1-17-8-6-14(5-7-15)12(16)10-3-2-4-11(13)9-10/h10-11,15H,2-9,13H2,1H3. The van der Waals surface area contributed by atoms with Crippen LogP contribution in [0.3, 0.4) is 0 Å². The monoisotopic (exact) mass is 244 g/mol. The van der Waals surface area contributed by atoms with Gasteiger partial charge in [-0.2, -0.15) is 0 Å². The number of carbonyl (C=O) groups excluding carboxylic acids is 1. The minimum atomic E-state index is -0.00573. The van der Waals surface area contributed by atoms with Crippen LogP contribution in [0, 0.1) is 5.92 Å². The molecule has 0 aromatic heterocycles. The highest BCUT2D eigenvalue weighted by molar-refractivity contribution is 5.79. The Hall–Kier alpha value is -0.650. The van der Waals surface area contributed by atoms with Gasteiger partial charge >= 0.3 is 0 Å². The Balaban J connectivity index is 2.50. The van der Waals surface area contributed by atoms with Crippen LogP contribution < -0.4 is 5.73 Å². The van der Waals surface area contributed by atoms with E-state index >= 15 is 0 Å². The zero-order valence-corrected chi connectivity index (χ0v) is 10.6. The van der Waals surface area contributed by atoms with Gasteiger partial charge in [0.05, 0.1) is 13.2 Å². The van der Waals surface area contributed by atoms with Gasteiger partial charge in [0.2, 0.25) is 5.91 Å². The maximum atomic E-state index is 12.2. The number of rotatable bonds is 6. The first-order chi connectivity index (χ1) is 8.19. The third kappa shape index (κ3) is 4.61. The van der Waals surface area contributed by atoms with Crippen molar-refractivity contribution in [2.45, 2.75) is 31.7 Å². The number of aliphatic hydroxyl groups is 1. The quantitative estimate of drug-likeness (QED) is 0.688. The molecule has 1 rings (SSSR count). The molecule has 0 aromatic rings. The third-order valence-electron chi connectivity index (χ3n) is 3.31. The van der Waals surface area contributed by atoms with Gasteiger partial charge in [0.25, 0.3) is 0 Å². The summed E-state index contributed by atoms with van der Waals surface area (Å²) < 4.78 is 4.98. The number of carbonyl (C=O) groups is 1. The largest absolute Gasteiger partial charge is 0.395 e. The average Bonchev–Trinajstić information content (AvgIpc) is 2.33. The van der Waals surface area contributed by atoms with Crippen molar-refractivity contribution in [3.05, 3.63) is 0 Å². The summed E-state index contributed by atoms with van der Waals surface area (Å²) >= 11 is 0. The van der Waals surface area contributed by atoms with Crippen molar-refractivity contribution < 1.29 is 14.6 Å². The number of nitrogens with zero attached hydrogens (tertiary/aromatic N) is 1. The first kappa shape index (κ1) is 14.4. The molecule has 0 aliphatic heterocycles. The Morgan fingerprint density at radius 2 is 2.24 bits per heavy atom. The topological polar surface area (TPSA) is 75.8 Å². The second-order valence-corrected chi connectivity index (χ2v) is 4.67. The summed E-state index contributed by atoms with van der Waals surface area (Å²) in [6, 6.07) is 0.149. The van der Waals surface area contributed by atoms with Gasteiger partial charge in [-0.15, -0.1) is 0 Å². The number of methoxy groups -OCH3 is 1. The van der Waals surface area contributed by atoms with Gasteiger partial charge in [-0.05, 0) is 19.3 Å². The molecule has 0 aromatic carbocycles. The summed E-state index contributed by atoms with van der Waals surface area (Å²) in [4.78, 5) is 13.9. The summed E-state index contributed by atoms with van der Waals surface area (Å²) in [5, 5.41) is 8.98. The van der Waals surface area contributed by atoms with Crippen molar-refractivity contribution in [1.82, 2.24) is 4.90 Å². The van der Waals surface area contributed by atoms with E-state index in [2.05, 4.69) is 0 Å². The molecule has 0 radical (unpaired) electrons. The number of ether oxygens (including phenoxy) is 1. The average molecular weight is 244 g/mol. The van der Waals surface area contributed by atoms with Crippen molar-refractivity contribution >= 4 is 5.91 Å². The molecule has 1 saturated carbocycles. The van der Waals surface area contributed by atoms with Gasteiger partial charge in [0.1, 0.15) is 0 Å². The molecule has 5 nitrogen and oxygen atoms in total. The molecule has 100 valence electrons. The number of nitrogens with two attached hydrogens (primary N) is 1. The summed E-state index contributed by atoms with van der Waals surface area (Å²) in [7, 11) is 1.61. The van der Waals surface area contributed by atoms with E-state index < -0.39 is 0 Å². The lowest BCUT2D eigenvalue weighted by molar-refractivity contribution is -0.137. The molecule has 2 unspecified atom stereocenters. The SMILES string of the molecule is COCCN(CCO)C(=O)C1CCCC(N)C1. The van der Waals surface area contributed by atoms with Crippen molar-refractivity contribution in [2.24, 2.45) is 11.7 Å². The Kier molecular flexibility index (Phi) is 6.47. The van der Waals surface area contributed by atoms with Crippen LogP contribution in [0.15, 0.2) is 0 Å². The fourth-order valence-corrected chi connectivity index (χ4v) is 2.36. The molecular weight excluding hydrogens is 220 g/mol. The van der Waals surface area contributed by atoms with E-state index in [0.29, 0.717) is 19.7 Å². The number of hydrogen-bond donors (Lipinski definition) is 2. The van der Waals surface area contributed by atoms with E-state index in [-0.39, 0.29) is 24.5 Å². The molecule has 1 aliphatic carbocycles. The second kappa shape index (κ2) is 7.63. The zero-order chi connectivity index (χ0) is 12.7. The van der Waals surface area contributed by atoms with E-state index in [0.717, 1.165) is 25.7 Å². The summed E-state index contributed by atoms with van der Waals surface area (Å²) in [5.74, 6) is 0.147. The lowest BCUT2D eigenvalue weighted by atomic mass is 9.85. The predicted octanol–water partition coefficient (Wildman–Crippen LogP) is -0.0288. The maximum Gasteiger partial charge on any atom is 0.225 e. The first-order valence-electron chi connectivity index (χ1n) is 6.33. The molecule has 0 heterocycles. The number of hydrogen-bond acceptors (Lipinski definition) is 4. The van der Waals surface area contributed by atoms with Crippen LogP contribution in [-0.2, 0) is 9.53 Å². The van der Waals surface area contributed by atoms with E-state index in [9.17, 15) is 4.79 Å². The van der Waals surface area contributed by atoms with Crippen molar-refractivity contribution in [2.75, 3.05) is 33.4 Å². The smallest absolute Gasteiger partial charge is 0.225 e. The van der Waals surface area contributed by atoms with Crippen LogP contribution in [0.25, 0.3) is 0 Å². The second-order valence-electron chi connectivity index (χ2n) is 4.67. The molecule has 5 heteroatoms. The Bertz CT molecular complexity index is 236. The highest BCUT2D eigenvalue weighted by Crippen LogP contribution is 2.24. The van der Waals surface area contributed by atoms with Crippen molar-refractivity contribution in [1.29, 1.82) is 0 Å². The lowest BCUT2D eigenvalue weighted by Crippen LogP contribution is -2.43. The fraction of sp³-hybridized carbons (Fsp3) is 0.917. The Morgan fingerprint density at radius 3 is 2.82 bits per heavy atom. The van der Waals surface area contributed by atoms with E-state index in [1.54, 1.807) is 12.0 Å². The molecule has 2 atom stereocenters. The van der Waals surface area contributed by atoms with Crippen LogP contribution in [0.1, 0.15) is 25.7 Å². The van der Waals surface area contributed by atoms with Crippen LogP contribution >= 0.6 is 0 Å². The van der Waals surface area contributed by atoms with Crippen LogP contribution in [0.4, 0.5) is 0 Å². The zero-order valence-electron chi connectivity index (χ0n) is 10.6. The normalized spacial score (nSPS) is 24.6.